The Hall–Kier alpha value is -1.57. The third-order valence-electron chi connectivity index (χ3n) is 4.02. The minimum atomic E-state index is -0.833. The van der Waals surface area contributed by atoms with Crippen molar-refractivity contribution < 1.29 is 9.90 Å². The van der Waals surface area contributed by atoms with Crippen molar-refractivity contribution in [2.24, 2.45) is 5.92 Å². The maximum atomic E-state index is 11.1. The number of hydrogen-bond acceptors (Lipinski definition) is 1. The molecular weight excluding hydrogens is 236 g/mol. The van der Waals surface area contributed by atoms with Gasteiger partial charge in [-0.25, -0.2) is 4.79 Å². The van der Waals surface area contributed by atoms with Crippen LogP contribution < -0.4 is 0 Å². The highest BCUT2D eigenvalue weighted by Crippen LogP contribution is 2.36. The zero-order valence-corrected chi connectivity index (χ0v) is 11.8. The number of hydrogen-bond donors (Lipinski definition) is 1. The van der Waals surface area contributed by atoms with Crippen LogP contribution in [0, 0.1) is 19.8 Å². The summed E-state index contributed by atoms with van der Waals surface area (Å²) in [6.45, 7) is 4.14. The summed E-state index contributed by atoms with van der Waals surface area (Å²) in [6, 6.07) is 6.28. The molecule has 0 radical (unpaired) electrons. The second-order valence-corrected chi connectivity index (χ2v) is 5.59. The molecule has 2 nitrogen and oxygen atoms in total. The lowest BCUT2D eigenvalue weighted by Crippen LogP contribution is -2.11. The largest absolute Gasteiger partial charge is 0.478 e. The highest BCUT2D eigenvalue weighted by Gasteiger charge is 2.21. The number of benzene rings is 1. The van der Waals surface area contributed by atoms with E-state index in [1.54, 1.807) is 0 Å². The van der Waals surface area contributed by atoms with Crippen molar-refractivity contribution in [2.45, 2.75) is 46.0 Å². The molecule has 2 heteroatoms. The first kappa shape index (κ1) is 13.9. The van der Waals surface area contributed by atoms with Gasteiger partial charge in [-0.1, -0.05) is 43.0 Å². The predicted molar refractivity (Wildman–Crippen MR) is 78.1 cm³/mol. The fourth-order valence-corrected chi connectivity index (χ4v) is 3.10. The van der Waals surface area contributed by atoms with Gasteiger partial charge in [0.05, 0.1) is 0 Å². The van der Waals surface area contributed by atoms with Gasteiger partial charge in [0.1, 0.15) is 0 Å². The molecule has 102 valence electrons. The van der Waals surface area contributed by atoms with Crippen LogP contribution in [-0.4, -0.2) is 11.1 Å². The van der Waals surface area contributed by atoms with Crippen LogP contribution in [0.25, 0.3) is 5.57 Å². The van der Waals surface area contributed by atoms with Crippen LogP contribution in [0.2, 0.25) is 0 Å². The minimum absolute atomic E-state index is 0.409. The van der Waals surface area contributed by atoms with E-state index >= 15 is 0 Å². The number of aliphatic carboxylic acids is 1. The molecule has 0 amide bonds. The maximum absolute atomic E-state index is 11.1. The Morgan fingerprint density at radius 1 is 1.21 bits per heavy atom. The van der Waals surface area contributed by atoms with Gasteiger partial charge in [-0.2, -0.15) is 0 Å². The Kier molecular flexibility index (Phi) is 4.41. The molecule has 0 atom stereocenters. The molecule has 1 fully saturated rings. The number of aryl methyl sites for hydroxylation is 2. The Morgan fingerprint density at radius 2 is 1.89 bits per heavy atom. The average Bonchev–Trinajstić information content (AvgIpc) is 2.37. The number of carboxylic acids is 1. The third kappa shape index (κ3) is 3.46. The first-order valence-corrected chi connectivity index (χ1v) is 7.10. The van der Waals surface area contributed by atoms with Gasteiger partial charge in [-0.3, -0.25) is 0 Å². The Morgan fingerprint density at radius 3 is 2.47 bits per heavy atom. The number of carbonyl (C=O) groups is 1. The first-order valence-electron chi connectivity index (χ1n) is 7.10. The summed E-state index contributed by atoms with van der Waals surface area (Å²) < 4.78 is 0. The van der Waals surface area contributed by atoms with E-state index in [4.69, 9.17) is 5.11 Å². The molecule has 2 rings (SSSR count). The molecule has 1 aromatic rings. The molecule has 0 unspecified atom stereocenters. The van der Waals surface area contributed by atoms with Gasteiger partial charge >= 0.3 is 5.97 Å². The van der Waals surface area contributed by atoms with Crippen molar-refractivity contribution in [3.8, 4) is 0 Å². The minimum Gasteiger partial charge on any atom is -0.478 e. The highest BCUT2D eigenvalue weighted by atomic mass is 16.4. The molecule has 0 aliphatic heterocycles. The summed E-state index contributed by atoms with van der Waals surface area (Å²) in [7, 11) is 0. The van der Waals surface area contributed by atoms with E-state index in [2.05, 4.69) is 32.0 Å². The van der Waals surface area contributed by atoms with Crippen LogP contribution >= 0.6 is 0 Å². The van der Waals surface area contributed by atoms with Crippen LogP contribution in [-0.2, 0) is 4.79 Å². The topological polar surface area (TPSA) is 37.3 Å². The summed E-state index contributed by atoms with van der Waals surface area (Å²) in [4.78, 5) is 11.1. The quantitative estimate of drug-likeness (QED) is 0.818. The van der Waals surface area contributed by atoms with Crippen LogP contribution in [0.5, 0.6) is 0 Å². The predicted octanol–water partition coefficient (Wildman–Crippen LogP) is 4.35. The molecule has 0 spiro atoms. The van der Waals surface area contributed by atoms with E-state index in [1.807, 2.05) is 0 Å². The molecule has 1 N–H and O–H groups in total. The van der Waals surface area contributed by atoms with E-state index in [0.717, 1.165) is 24.0 Å². The second kappa shape index (κ2) is 6.05. The summed E-state index contributed by atoms with van der Waals surface area (Å²) >= 11 is 0. The summed E-state index contributed by atoms with van der Waals surface area (Å²) in [5.41, 5.74) is 4.53. The van der Waals surface area contributed by atoms with E-state index in [9.17, 15) is 4.79 Å². The molecule has 1 aromatic carbocycles. The van der Waals surface area contributed by atoms with E-state index in [-0.39, 0.29) is 0 Å². The monoisotopic (exact) mass is 258 g/mol. The molecule has 0 heterocycles. The highest BCUT2D eigenvalue weighted by molar-refractivity contribution is 5.91. The fraction of sp³-hybridized carbons (Fsp3) is 0.471. The number of rotatable bonds is 3. The normalized spacial score (nSPS) is 17.5. The summed E-state index contributed by atoms with van der Waals surface area (Å²) in [5.74, 6) is -0.424. The van der Waals surface area contributed by atoms with Crippen molar-refractivity contribution in [1.82, 2.24) is 0 Å². The number of carboxylic acid groups (broad SMARTS) is 1. The van der Waals surface area contributed by atoms with Gasteiger partial charge in [0.2, 0.25) is 0 Å². The smallest absolute Gasteiger partial charge is 0.328 e. The Labute approximate surface area is 115 Å². The third-order valence-corrected chi connectivity index (χ3v) is 4.02. The van der Waals surface area contributed by atoms with Crippen molar-refractivity contribution in [3.05, 3.63) is 41.0 Å². The molecule has 0 saturated heterocycles. The molecule has 19 heavy (non-hydrogen) atoms. The van der Waals surface area contributed by atoms with Crippen molar-refractivity contribution >= 4 is 11.5 Å². The van der Waals surface area contributed by atoms with E-state index in [0.29, 0.717) is 5.92 Å². The zero-order chi connectivity index (χ0) is 13.8. The van der Waals surface area contributed by atoms with E-state index < -0.39 is 5.97 Å². The lowest BCUT2D eigenvalue weighted by molar-refractivity contribution is -0.131. The zero-order valence-electron chi connectivity index (χ0n) is 11.8. The van der Waals surface area contributed by atoms with Crippen LogP contribution in [0.3, 0.4) is 0 Å². The first-order chi connectivity index (χ1) is 9.08. The van der Waals surface area contributed by atoms with Crippen LogP contribution in [0.1, 0.15) is 48.8 Å². The van der Waals surface area contributed by atoms with Gasteiger partial charge in [-0.05, 0) is 49.3 Å². The Bertz CT molecular complexity index is 494. The van der Waals surface area contributed by atoms with Crippen LogP contribution in [0.4, 0.5) is 0 Å². The standard InChI is InChI=1S/C17H22O2/c1-12-8-9-15(13(2)10-12)16(11-17(18)19)14-6-4-3-5-7-14/h8-11,14H,3-7H2,1-2H3,(H,18,19)/b16-11+. The molecular formula is C17H22O2. The van der Waals surface area contributed by atoms with Gasteiger partial charge in [-0.15, -0.1) is 0 Å². The lowest BCUT2D eigenvalue weighted by atomic mass is 9.79. The maximum Gasteiger partial charge on any atom is 0.328 e. The summed E-state index contributed by atoms with van der Waals surface area (Å²) in [6.07, 6.45) is 7.37. The molecule has 1 aliphatic carbocycles. The van der Waals surface area contributed by atoms with Crippen LogP contribution in [0.15, 0.2) is 24.3 Å². The summed E-state index contributed by atoms with van der Waals surface area (Å²) in [5, 5.41) is 9.14. The number of allylic oxidation sites excluding steroid dienone is 1. The molecule has 1 aliphatic rings. The van der Waals surface area contributed by atoms with Gasteiger partial charge in [0, 0.05) is 6.08 Å². The van der Waals surface area contributed by atoms with Gasteiger partial charge in [0.25, 0.3) is 0 Å². The molecule has 0 aromatic heterocycles. The second-order valence-electron chi connectivity index (χ2n) is 5.59. The Balaban J connectivity index is 2.39. The van der Waals surface area contributed by atoms with Crippen molar-refractivity contribution in [2.75, 3.05) is 0 Å². The van der Waals surface area contributed by atoms with Crippen molar-refractivity contribution in [3.63, 3.8) is 0 Å². The lowest BCUT2D eigenvalue weighted by Gasteiger charge is -2.25. The average molecular weight is 258 g/mol. The van der Waals surface area contributed by atoms with Gasteiger partial charge < -0.3 is 5.11 Å². The molecule has 1 saturated carbocycles. The van der Waals surface area contributed by atoms with Gasteiger partial charge in [0.15, 0.2) is 0 Å². The van der Waals surface area contributed by atoms with Crippen molar-refractivity contribution in [1.29, 1.82) is 0 Å². The molecule has 0 bridgehead atoms. The fourth-order valence-electron chi connectivity index (χ4n) is 3.10. The SMILES string of the molecule is Cc1ccc(/C(=C/C(=O)O)C2CCCCC2)c(C)c1. The van der Waals surface area contributed by atoms with E-state index in [1.165, 1.54) is 36.5 Å².